The molecule has 0 unspecified atom stereocenters. The Kier molecular flexibility index (Phi) is 5.05. The molecule has 0 bridgehead atoms. The Hall–Kier alpha value is -1.26. The van der Waals surface area contributed by atoms with E-state index in [1.807, 2.05) is 18.2 Å². The van der Waals surface area contributed by atoms with Gasteiger partial charge in [-0.15, -0.1) is 0 Å². The molecule has 1 aromatic carbocycles. The Morgan fingerprint density at radius 3 is 2.84 bits per heavy atom. The summed E-state index contributed by atoms with van der Waals surface area (Å²) in [5.74, 6) is 1.69. The van der Waals surface area contributed by atoms with E-state index in [-0.39, 0.29) is 0 Å². The van der Waals surface area contributed by atoms with E-state index in [4.69, 9.17) is 14.2 Å². The van der Waals surface area contributed by atoms with Gasteiger partial charge in [-0.3, -0.25) is 0 Å². The molecule has 1 aliphatic heterocycles. The lowest BCUT2D eigenvalue weighted by atomic mass is 10.0. The van der Waals surface area contributed by atoms with Crippen molar-refractivity contribution in [2.24, 2.45) is 0 Å². The second-order valence-electron chi connectivity index (χ2n) is 4.96. The van der Waals surface area contributed by atoms with Gasteiger partial charge in [0, 0.05) is 30.8 Å². The molecule has 1 heterocycles. The Morgan fingerprint density at radius 2 is 2.16 bits per heavy atom. The molecule has 2 rings (SSSR count). The molecule has 2 atom stereocenters. The van der Waals surface area contributed by atoms with Crippen LogP contribution in [0.2, 0.25) is 0 Å². The minimum Gasteiger partial charge on any atom is -0.497 e. The van der Waals surface area contributed by atoms with Crippen molar-refractivity contribution in [3.8, 4) is 11.5 Å². The van der Waals surface area contributed by atoms with Crippen molar-refractivity contribution < 1.29 is 14.2 Å². The highest BCUT2D eigenvalue weighted by Crippen LogP contribution is 2.25. The maximum absolute atomic E-state index is 5.55. The molecule has 0 spiro atoms. The zero-order valence-corrected chi connectivity index (χ0v) is 11.9. The van der Waals surface area contributed by atoms with Crippen molar-refractivity contribution in [3.05, 3.63) is 23.8 Å². The predicted octanol–water partition coefficient (Wildman–Crippen LogP) is 2.36. The fourth-order valence-electron chi connectivity index (χ4n) is 2.44. The monoisotopic (exact) mass is 265 g/mol. The number of rotatable bonds is 5. The molecule has 0 saturated carbocycles. The smallest absolute Gasteiger partial charge is 0.127 e. The van der Waals surface area contributed by atoms with Crippen LogP contribution in [0.1, 0.15) is 25.3 Å². The van der Waals surface area contributed by atoms with Crippen LogP contribution in [0.5, 0.6) is 11.5 Å². The summed E-state index contributed by atoms with van der Waals surface area (Å²) in [4.78, 5) is 0. The van der Waals surface area contributed by atoms with Crippen LogP contribution in [0.3, 0.4) is 0 Å². The van der Waals surface area contributed by atoms with Crippen LogP contribution in [0.4, 0.5) is 0 Å². The second kappa shape index (κ2) is 6.78. The molecule has 1 N–H and O–H groups in total. The van der Waals surface area contributed by atoms with Crippen LogP contribution in [0.15, 0.2) is 18.2 Å². The van der Waals surface area contributed by atoms with Crippen LogP contribution in [0, 0.1) is 0 Å². The molecule has 4 heteroatoms. The van der Waals surface area contributed by atoms with Gasteiger partial charge in [-0.2, -0.15) is 0 Å². The van der Waals surface area contributed by atoms with Crippen molar-refractivity contribution >= 4 is 0 Å². The van der Waals surface area contributed by atoms with Crippen LogP contribution in [0.25, 0.3) is 0 Å². The van der Waals surface area contributed by atoms with Gasteiger partial charge in [0.15, 0.2) is 0 Å². The fraction of sp³-hybridized carbons (Fsp3) is 0.600. The van der Waals surface area contributed by atoms with E-state index in [0.717, 1.165) is 43.1 Å². The topological polar surface area (TPSA) is 39.7 Å². The van der Waals surface area contributed by atoms with Gasteiger partial charge in [0.2, 0.25) is 0 Å². The van der Waals surface area contributed by atoms with Crippen molar-refractivity contribution in [2.75, 3.05) is 20.8 Å². The van der Waals surface area contributed by atoms with Crippen LogP contribution in [-0.2, 0) is 11.3 Å². The maximum Gasteiger partial charge on any atom is 0.127 e. The third kappa shape index (κ3) is 3.85. The van der Waals surface area contributed by atoms with Crippen molar-refractivity contribution in [1.29, 1.82) is 0 Å². The number of hydrogen-bond donors (Lipinski definition) is 1. The molecule has 1 aromatic rings. The Morgan fingerprint density at radius 1 is 1.32 bits per heavy atom. The molecule has 106 valence electrons. The van der Waals surface area contributed by atoms with E-state index in [1.54, 1.807) is 14.2 Å². The van der Waals surface area contributed by atoms with Gasteiger partial charge in [0.1, 0.15) is 11.5 Å². The number of ether oxygens (including phenoxy) is 3. The van der Waals surface area contributed by atoms with Crippen molar-refractivity contribution in [2.45, 2.75) is 38.5 Å². The maximum atomic E-state index is 5.55. The quantitative estimate of drug-likeness (QED) is 0.887. The summed E-state index contributed by atoms with van der Waals surface area (Å²) in [6.07, 6.45) is 2.49. The first-order valence-electron chi connectivity index (χ1n) is 6.79. The molecular formula is C15H23NO3. The van der Waals surface area contributed by atoms with E-state index in [1.165, 1.54) is 0 Å². The summed E-state index contributed by atoms with van der Waals surface area (Å²) in [5.41, 5.74) is 1.16. The average molecular weight is 265 g/mol. The first-order chi connectivity index (χ1) is 9.22. The highest BCUT2D eigenvalue weighted by Gasteiger charge is 2.19. The largest absolute Gasteiger partial charge is 0.497 e. The molecule has 0 radical (unpaired) electrons. The summed E-state index contributed by atoms with van der Waals surface area (Å²) in [6, 6.07) is 6.46. The molecule has 4 nitrogen and oxygen atoms in total. The van der Waals surface area contributed by atoms with Crippen molar-refractivity contribution in [1.82, 2.24) is 5.32 Å². The summed E-state index contributed by atoms with van der Waals surface area (Å²) < 4.78 is 16.2. The second-order valence-corrected chi connectivity index (χ2v) is 4.96. The number of nitrogens with one attached hydrogen (secondary N) is 1. The molecule has 1 fully saturated rings. The molecule has 0 amide bonds. The lowest BCUT2D eigenvalue weighted by Crippen LogP contribution is -2.37. The van der Waals surface area contributed by atoms with E-state index in [2.05, 4.69) is 12.2 Å². The molecule has 0 aliphatic carbocycles. The summed E-state index contributed by atoms with van der Waals surface area (Å²) >= 11 is 0. The zero-order chi connectivity index (χ0) is 13.7. The number of methoxy groups -OCH3 is 2. The van der Waals surface area contributed by atoms with Gasteiger partial charge < -0.3 is 19.5 Å². The standard InChI is InChI=1S/C15H23NO3/c1-11-8-13(6-7-19-11)16-10-12-4-5-14(17-2)9-15(12)18-3/h4-5,9,11,13,16H,6-8,10H2,1-3H3/t11-,13-/m1/s1. The Labute approximate surface area is 115 Å². The molecule has 1 aliphatic rings. The summed E-state index contributed by atoms with van der Waals surface area (Å²) in [5, 5.41) is 3.58. The Balaban J connectivity index is 1.95. The predicted molar refractivity (Wildman–Crippen MR) is 74.8 cm³/mol. The van der Waals surface area contributed by atoms with E-state index in [0.29, 0.717) is 12.1 Å². The van der Waals surface area contributed by atoms with Gasteiger partial charge in [0.05, 0.1) is 20.3 Å². The summed E-state index contributed by atoms with van der Waals surface area (Å²) in [6.45, 7) is 3.78. The molecule has 19 heavy (non-hydrogen) atoms. The van der Waals surface area contributed by atoms with Gasteiger partial charge in [-0.25, -0.2) is 0 Å². The van der Waals surface area contributed by atoms with Crippen LogP contribution in [-0.4, -0.2) is 33.0 Å². The summed E-state index contributed by atoms with van der Waals surface area (Å²) in [7, 11) is 3.35. The average Bonchev–Trinajstić information content (AvgIpc) is 2.45. The highest BCUT2D eigenvalue weighted by atomic mass is 16.5. The zero-order valence-electron chi connectivity index (χ0n) is 11.9. The highest BCUT2D eigenvalue weighted by molar-refractivity contribution is 5.40. The van der Waals surface area contributed by atoms with Crippen LogP contribution >= 0.6 is 0 Å². The third-order valence-corrected chi connectivity index (χ3v) is 3.56. The van der Waals surface area contributed by atoms with E-state index in [9.17, 15) is 0 Å². The van der Waals surface area contributed by atoms with Crippen molar-refractivity contribution in [3.63, 3.8) is 0 Å². The Bertz CT molecular complexity index is 408. The van der Waals surface area contributed by atoms with Gasteiger partial charge >= 0.3 is 0 Å². The minimum absolute atomic E-state index is 0.351. The first kappa shape index (κ1) is 14.2. The molecular weight excluding hydrogens is 242 g/mol. The first-order valence-corrected chi connectivity index (χ1v) is 6.79. The SMILES string of the molecule is COc1ccc(CN[C@@H]2CCO[C@H](C)C2)c(OC)c1. The minimum atomic E-state index is 0.351. The number of hydrogen-bond acceptors (Lipinski definition) is 4. The van der Waals surface area contributed by atoms with E-state index >= 15 is 0 Å². The molecule has 0 aromatic heterocycles. The third-order valence-electron chi connectivity index (χ3n) is 3.56. The van der Waals surface area contributed by atoms with Gasteiger partial charge in [0.25, 0.3) is 0 Å². The molecule has 1 saturated heterocycles. The number of benzene rings is 1. The van der Waals surface area contributed by atoms with E-state index < -0.39 is 0 Å². The van der Waals surface area contributed by atoms with Crippen LogP contribution < -0.4 is 14.8 Å². The van der Waals surface area contributed by atoms with Gasteiger partial charge in [-0.05, 0) is 25.8 Å². The lowest BCUT2D eigenvalue weighted by Gasteiger charge is -2.28. The lowest BCUT2D eigenvalue weighted by molar-refractivity contribution is 0.0130. The van der Waals surface area contributed by atoms with Gasteiger partial charge in [-0.1, -0.05) is 6.07 Å². The normalized spacial score (nSPS) is 23.1. The fourth-order valence-corrected chi connectivity index (χ4v) is 2.44.